The normalized spacial score (nSPS) is 13.3. The molecular formula is C14H20N4O2S. The van der Waals surface area contributed by atoms with E-state index >= 15 is 0 Å². The van der Waals surface area contributed by atoms with E-state index in [-0.39, 0.29) is 12.3 Å². The van der Waals surface area contributed by atoms with Crippen molar-refractivity contribution < 1.29 is 9.59 Å². The first-order valence-electron chi connectivity index (χ1n) is 7.04. The zero-order chi connectivity index (χ0) is 15.2. The first kappa shape index (κ1) is 15.5. The average Bonchev–Trinajstić information content (AvgIpc) is 2.86. The van der Waals surface area contributed by atoms with Gasteiger partial charge in [-0.05, 0) is 25.7 Å². The highest BCUT2D eigenvalue weighted by molar-refractivity contribution is 7.15. The average molecular weight is 308 g/mol. The van der Waals surface area contributed by atoms with Crippen molar-refractivity contribution in [3.05, 3.63) is 23.2 Å². The van der Waals surface area contributed by atoms with Crippen molar-refractivity contribution in [3.63, 3.8) is 0 Å². The summed E-state index contributed by atoms with van der Waals surface area (Å²) in [6, 6.07) is -0.819. The summed E-state index contributed by atoms with van der Waals surface area (Å²) in [5, 5.41) is 3.00. The fraction of sp³-hybridized carbons (Fsp3) is 0.500. The van der Waals surface area contributed by atoms with Gasteiger partial charge < -0.3 is 10.6 Å². The molecule has 0 bridgehead atoms. The van der Waals surface area contributed by atoms with Crippen LogP contribution in [0.1, 0.15) is 29.8 Å². The molecule has 0 fully saturated rings. The third-order valence-corrected chi connectivity index (χ3v) is 4.54. The minimum Gasteiger partial charge on any atom is -0.351 e. The third-order valence-electron chi connectivity index (χ3n) is 3.33. The molecule has 0 atom stereocenters. The molecule has 0 aliphatic heterocycles. The number of primary amides is 1. The molecule has 0 aromatic carbocycles. The monoisotopic (exact) mass is 308 g/mol. The fourth-order valence-electron chi connectivity index (χ4n) is 2.33. The zero-order valence-electron chi connectivity index (χ0n) is 11.9. The van der Waals surface area contributed by atoms with Crippen LogP contribution in [-0.2, 0) is 17.6 Å². The van der Waals surface area contributed by atoms with Crippen LogP contribution in [0.3, 0.4) is 0 Å². The molecule has 6 nitrogen and oxygen atoms in total. The van der Waals surface area contributed by atoms with Gasteiger partial charge in [0.05, 0.1) is 5.69 Å². The summed E-state index contributed by atoms with van der Waals surface area (Å²) < 4.78 is 0. The number of carbonyl (C=O) groups excluding carboxylic acids is 2. The second kappa shape index (κ2) is 7.21. The molecule has 1 aliphatic rings. The number of thiazole rings is 1. The Morgan fingerprint density at radius 2 is 2.19 bits per heavy atom. The van der Waals surface area contributed by atoms with Crippen LogP contribution in [0.25, 0.3) is 0 Å². The Hall–Kier alpha value is -1.89. The van der Waals surface area contributed by atoms with Crippen molar-refractivity contribution in [3.8, 4) is 0 Å². The van der Waals surface area contributed by atoms with Crippen molar-refractivity contribution >= 4 is 28.4 Å². The van der Waals surface area contributed by atoms with E-state index in [1.165, 1.54) is 23.4 Å². The number of urea groups is 1. The highest BCUT2D eigenvalue weighted by Gasteiger charge is 2.19. The summed E-state index contributed by atoms with van der Waals surface area (Å²) in [4.78, 5) is 30.2. The second-order valence-corrected chi connectivity index (χ2v) is 6.03. The lowest BCUT2D eigenvalue weighted by atomic mass is 10.0. The number of anilines is 1. The summed E-state index contributed by atoms with van der Waals surface area (Å²) in [7, 11) is 0. The largest absolute Gasteiger partial charge is 0.351 e. The Kier molecular flexibility index (Phi) is 5.32. The van der Waals surface area contributed by atoms with Crippen LogP contribution in [0.4, 0.5) is 9.93 Å². The van der Waals surface area contributed by atoms with E-state index in [4.69, 9.17) is 5.73 Å². The number of imide groups is 1. The molecule has 1 aromatic rings. The van der Waals surface area contributed by atoms with Gasteiger partial charge in [0.2, 0.25) is 5.91 Å². The van der Waals surface area contributed by atoms with Crippen LogP contribution in [0, 0.1) is 0 Å². The smallest absolute Gasteiger partial charge is 0.318 e. The van der Waals surface area contributed by atoms with Crippen LogP contribution >= 0.6 is 11.3 Å². The quantitative estimate of drug-likeness (QED) is 0.781. The molecule has 1 aromatic heterocycles. The van der Waals surface area contributed by atoms with Gasteiger partial charge in [-0.25, -0.2) is 9.78 Å². The van der Waals surface area contributed by atoms with Crippen molar-refractivity contribution in [2.24, 2.45) is 5.73 Å². The highest BCUT2D eigenvalue weighted by atomic mass is 32.1. The summed E-state index contributed by atoms with van der Waals surface area (Å²) >= 11 is 1.69. The first-order chi connectivity index (χ1) is 10.1. The van der Waals surface area contributed by atoms with E-state index in [0.717, 1.165) is 18.0 Å². The molecule has 0 saturated heterocycles. The number of hydrogen-bond donors (Lipinski definition) is 2. The number of carbonyl (C=O) groups is 2. The van der Waals surface area contributed by atoms with Gasteiger partial charge in [0.25, 0.3) is 0 Å². The SMILES string of the molecule is C=CCN(CCC(=O)NC(N)=O)c1nc2c(s1)CCCC2. The van der Waals surface area contributed by atoms with Gasteiger partial charge >= 0.3 is 6.03 Å². The number of amides is 3. The van der Waals surface area contributed by atoms with Gasteiger partial charge in [-0.1, -0.05) is 6.08 Å². The van der Waals surface area contributed by atoms with Crippen molar-refractivity contribution in [1.29, 1.82) is 0 Å². The summed E-state index contributed by atoms with van der Waals surface area (Å²) in [6.45, 7) is 4.85. The van der Waals surface area contributed by atoms with Crippen LogP contribution in [0.15, 0.2) is 12.7 Å². The van der Waals surface area contributed by atoms with E-state index in [1.807, 2.05) is 4.90 Å². The molecule has 3 amide bonds. The third kappa shape index (κ3) is 4.29. The zero-order valence-corrected chi connectivity index (χ0v) is 12.7. The molecule has 0 unspecified atom stereocenters. The highest BCUT2D eigenvalue weighted by Crippen LogP contribution is 2.31. The Bertz CT molecular complexity index is 518. The number of rotatable bonds is 6. The predicted molar refractivity (Wildman–Crippen MR) is 83.5 cm³/mol. The minimum atomic E-state index is -0.819. The molecule has 0 radical (unpaired) electrons. The number of nitrogens with zero attached hydrogens (tertiary/aromatic N) is 2. The van der Waals surface area contributed by atoms with Crippen LogP contribution in [-0.4, -0.2) is 30.0 Å². The molecule has 7 heteroatoms. The summed E-state index contributed by atoms with van der Waals surface area (Å²) in [5.41, 5.74) is 6.12. The van der Waals surface area contributed by atoms with Crippen LogP contribution < -0.4 is 16.0 Å². The Morgan fingerprint density at radius 3 is 2.86 bits per heavy atom. The predicted octanol–water partition coefficient (Wildman–Crippen LogP) is 1.60. The lowest BCUT2D eigenvalue weighted by Gasteiger charge is -2.19. The van der Waals surface area contributed by atoms with Gasteiger partial charge in [-0.15, -0.1) is 17.9 Å². The Labute approximate surface area is 128 Å². The van der Waals surface area contributed by atoms with Gasteiger partial charge in [0.15, 0.2) is 5.13 Å². The maximum Gasteiger partial charge on any atom is 0.318 e. The Balaban J connectivity index is 2.01. The summed E-state index contributed by atoms with van der Waals surface area (Å²) in [6.07, 6.45) is 6.52. The first-order valence-corrected chi connectivity index (χ1v) is 7.85. The molecule has 21 heavy (non-hydrogen) atoms. The Morgan fingerprint density at radius 1 is 1.43 bits per heavy atom. The molecular weight excluding hydrogens is 288 g/mol. The van der Waals surface area contributed by atoms with Crippen molar-refractivity contribution in [1.82, 2.24) is 10.3 Å². The number of nitrogens with two attached hydrogens (primary N) is 1. The topological polar surface area (TPSA) is 88.3 Å². The van der Waals surface area contributed by atoms with Crippen molar-refractivity contribution in [2.45, 2.75) is 32.1 Å². The standard InChI is InChI=1S/C14H20N4O2S/c1-2-8-18(9-7-12(19)17-13(15)20)14-16-10-5-3-4-6-11(10)21-14/h2H,1,3-9H2,(H3,15,17,19,20). The summed E-state index contributed by atoms with van der Waals surface area (Å²) in [5.74, 6) is -0.377. The second-order valence-electron chi connectivity index (χ2n) is 4.97. The van der Waals surface area contributed by atoms with E-state index in [9.17, 15) is 9.59 Å². The number of aryl methyl sites for hydroxylation is 2. The molecule has 1 heterocycles. The van der Waals surface area contributed by atoms with E-state index in [0.29, 0.717) is 13.1 Å². The number of nitrogens with one attached hydrogen (secondary N) is 1. The van der Waals surface area contributed by atoms with Crippen LogP contribution in [0.5, 0.6) is 0 Å². The van der Waals surface area contributed by atoms with E-state index < -0.39 is 6.03 Å². The van der Waals surface area contributed by atoms with Gasteiger partial charge in [0, 0.05) is 24.4 Å². The lowest BCUT2D eigenvalue weighted by Crippen LogP contribution is -2.37. The lowest BCUT2D eigenvalue weighted by molar-refractivity contribution is -0.119. The van der Waals surface area contributed by atoms with Crippen LogP contribution in [0.2, 0.25) is 0 Å². The van der Waals surface area contributed by atoms with Gasteiger partial charge in [0.1, 0.15) is 0 Å². The van der Waals surface area contributed by atoms with Gasteiger partial charge in [-0.3, -0.25) is 10.1 Å². The van der Waals surface area contributed by atoms with E-state index in [1.54, 1.807) is 17.4 Å². The molecule has 0 spiro atoms. The molecule has 114 valence electrons. The van der Waals surface area contributed by atoms with Crippen molar-refractivity contribution in [2.75, 3.05) is 18.0 Å². The minimum absolute atomic E-state index is 0.195. The number of fused-ring (bicyclic) bond motifs is 1. The fourth-order valence-corrected chi connectivity index (χ4v) is 3.51. The van der Waals surface area contributed by atoms with E-state index in [2.05, 4.69) is 16.9 Å². The molecule has 3 N–H and O–H groups in total. The molecule has 0 saturated carbocycles. The maximum atomic E-state index is 11.5. The number of aromatic nitrogens is 1. The molecule has 2 rings (SSSR count). The number of hydrogen-bond acceptors (Lipinski definition) is 5. The van der Waals surface area contributed by atoms with Gasteiger partial charge in [-0.2, -0.15) is 0 Å². The maximum absolute atomic E-state index is 11.5. The molecule has 1 aliphatic carbocycles.